The molecule has 0 unspecified atom stereocenters. The number of benzene rings is 1. The molecule has 0 saturated carbocycles. The number of rotatable bonds is 8. The summed E-state index contributed by atoms with van der Waals surface area (Å²) < 4.78 is 13.4. The Hall–Kier alpha value is -3.45. The van der Waals surface area contributed by atoms with Crippen molar-refractivity contribution in [2.75, 3.05) is 35.3 Å². The van der Waals surface area contributed by atoms with Gasteiger partial charge in [0.15, 0.2) is 17.2 Å². The Morgan fingerprint density at radius 2 is 1.79 bits per heavy atom. The minimum atomic E-state index is -0.954. The second-order valence-corrected chi connectivity index (χ2v) is 9.27. The highest BCUT2D eigenvalue weighted by Crippen LogP contribution is 2.42. The van der Waals surface area contributed by atoms with Crippen molar-refractivity contribution in [3.63, 3.8) is 0 Å². The number of para-hydroxylation sites is 1. The van der Waals surface area contributed by atoms with Crippen molar-refractivity contribution in [1.82, 2.24) is 19.0 Å². The van der Waals surface area contributed by atoms with E-state index in [4.69, 9.17) is 19.1 Å². The van der Waals surface area contributed by atoms with Gasteiger partial charge in [-0.15, -0.1) is 0 Å². The number of oxime groups is 1. The van der Waals surface area contributed by atoms with Gasteiger partial charge >= 0.3 is 12.2 Å². The molecule has 1 heterocycles. The topological polar surface area (TPSA) is 122 Å². The Labute approximate surface area is 202 Å². The van der Waals surface area contributed by atoms with E-state index in [0.29, 0.717) is 24.3 Å². The van der Waals surface area contributed by atoms with Gasteiger partial charge < -0.3 is 14.4 Å². The lowest BCUT2D eigenvalue weighted by Gasteiger charge is -2.21. The van der Waals surface area contributed by atoms with E-state index in [-0.39, 0.29) is 17.2 Å². The molecule has 0 aromatic heterocycles. The van der Waals surface area contributed by atoms with E-state index >= 15 is 0 Å². The first kappa shape index (κ1) is 26.8. The third kappa shape index (κ3) is 6.78. The molecule has 186 valence electrons. The molecule has 0 radical (unpaired) electrons. The fourth-order valence-corrected chi connectivity index (χ4v) is 3.40. The van der Waals surface area contributed by atoms with Gasteiger partial charge in [0.05, 0.1) is 24.9 Å². The van der Waals surface area contributed by atoms with Crippen molar-refractivity contribution >= 4 is 35.9 Å². The maximum Gasteiger partial charge on any atom is 0.447 e. The molecule has 0 bridgehead atoms. The highest BCUT2D eigenvalue weighted by Gasteiger charge is 2.33. The standard InChI is InChI=1S/C21H29N5O7S/c1-13(22-30-8)16(18(27)24(4)5)23-33-20(29)26(7)34-25(6)19(28)31-15-11-9-10-14-12-21(2,3)32-17(14)15/h9-11,22H,1,12H2,2-8H3. The summed E-state index contributed by atoms with van der Waals surface area (Å²) in [6, 6.07) is 5.32. The summed E-state index contributed by atoms with van der Waals surface area (Å²) in [5.41, 5.74) is 2.63. The van der Waals surface area contributed by atoms with E-state index in [2.05, 4.69) is 17.2 Å². The molecule has 0 spiro atoms. The van der Waals surface area contributed by atoms with Crippen LogP contribution in [0.1, 0.15) is 19.4 Å². The molecule has 13 heteroatoms. The van der Waals surface area contributed by atoms with Crippen LogP contribution in [0.15, 0.2) is 35.6 Å². The molecular formula is C21H29N5O7S. The normalized spacial score (nSPS) is 13.8. The third-order valence-electron chi connectivity index (χ3n) is 4.35. The van der Waals surface area contributed by atoms with Crippen LogP contribution in [0.3, 0.4) is 0 Å². The molecule has 1 aliphatic rings. The molecule has 34 heavy (non-hydrogen) atoms. The quantitative estimate of drug-likeness (QED) is 0.251. The van der Waals surface area contributed by atoms with Gasteiger partial charge in [-0.25, -0.2) is 18.2 Å². The predicted octanol–water partition coefficient (Wildman–Crippen LogP) is 2.57. The van der Waals surface area contributed by atoms with Crippen LogP contribution in [0.2, 0.25) is 0 Å². The van der Waals surface area contributed by atoms with Gasteiger partial charge in [-0.05, 0) is 19.9 Å². The number of carbonyl (C=O) groups excluding carboxylic acids is 3. The fourth-order valence-electron chi connectivity index (χ4n) is 2.83. The van der Waals surface area contributed by atoms with Gasteiger partial charge in [0.1, 0.15) is 5.60 Å². The summed E-state index contributed by atoms with van der Waals surface area (Å²) >= 11 is 0.703. The molecule has 0 aliphatic carbocycles. The van der Waals surface area contributed by atoms with Crippen LogP contribution in [0.25, 0.3) is 0 Å². The Bertz CT molecular complexity index is 996. The number of amides is 3. The van der Waals surface area contributed by atoms with Crippen LogP contribution in [0.5, 0.6) is 11.5 Å². The Morgan fingerprint density at radius 3 is 2.41 bits per heavy atom. The van der Waals surface area contributed by atoms with Crippen molar-refractivity contribution < 1.29 is 33.5 Å². The Balaban J connectivity index is 2.00. The van der Waals surface area contributed by atoms with Crippen LogP contribution in [0.4, 0.5) is 9.59 Å². The average molecular weight is 496 g/mol. The molecule has 1 N–H and O–H groups in total. The summed E-state index contributed by atoms with van der Waals surface area (Å²) in [5, 5.41) is 3.58. The average Bonchev–Trinajstić information content (AvgIpc) is 3.08. The second-order valence-electron chi connectivity index (χ2n) is 8.01. The zero-order valence-electron chi connectivity index (χ0n) is 20.2. The smallest absolute Gasteiger partial charge is 0.447 e. The molecule has 1 aromatic carbocycles. The van der Waals surface area contributed by atoms with Gasteiger partial charge in [-0.1, -0.05) is 23.9 Å². The van der Waals surface area contributed by atoms with Crippen molar-refractivity contribution in [2.45, 2.75) is 25.9 Å². The monoisotopic (exact) mass is 495 g/mol. The molecule has 0 saturated heterocycles. The van der Waals surface area contributed by atoms with E-state index in [0.717, 1.165) is 14.2 Å². The maximum atomic E-state index is 12.6. The number of fused-ring (bicyclic) bond motifs is 1. The summed E-state index contributed by atoms with van der Waals surface area (Å²) in [5.74, 6) is 0.231. The molecule has 1 aliphatic heterocycles. The third-order valence-corrected chi connectivity index (χ3v) is 5.13. The fraction of sp³-hybridized carbons (Fsp3) is 0.429. The van der Waals surface area contributed by atoms with Gasteiger partial charge in [-0.2, -0.15) is 0 Å². The number of carbonyl (C=O) groups is 3. The molecular weight excluding hydrogens is 466 g/mol. The van der Waals surface area contributed by atoms with Crippen molar-refractivity contribution in [3.05, 3.63) is 36.0 Å². The predicted molar refractivity (Wildman–Crippen MR) is 126 cm³/mol. The van der Waals surface area contributed by atoms with Gasteiger partial charge in [0.2, 0.25) is 0 Å². The van der Waals surface area contributed by atoms with Crippen LogP contribution >= 0.6 is 12.1 Å². The first-order valence-corrected chi connectivity index (χ1v) is 10.8. The number of ether oxygens (including phenoxy) is 2. The zero-order valence-corrected chi connectivity index (χ0v) is 21.0. The SMILES string of the molecule is C=C(NOC)C(=NOC(=O)N(C)SN(C)C(=O)Oc1cccc2c1OC(C)(C)C2)C(=O)N(C)C. The lowest BCUT2D eigenvalue weighted by Crippen LogP contribution is -2.35. The summed E-state index contributed by atoms with van der Waals surface area (Å²) in [4.78, 5) is 47.9. The number of nitrogens with zero attached hydrogens (tertiary/aromatic N) is 4. The van der Waals surface area contributed by atoms with Crippen LogP contribution in [-0.2, 0) is 20.9 Å². The van der Waals surface area contributed by atoms with Gasteiger partial charge in [0, 0.05) is 40.2 Å². The van der Waals surface area contributed by atoms with Crippen molar-refractivity contribution in [2.24, 2.45) is 5.16 Å². The highest BCUT2D eigenvalue weighted by atomic mass is 32.2. The number of hydrogen-bond acceptors (Lipinski definition) is 10. The second kappa shape index (κ2) is 11.1. The first-order valence-electron chi connectivity index (χ1n) is 10.0. The highest BCUT2D eigenvalue weighted by molar-refractivity contribution is 7.95. The van der Waals surface area contributed by atoms with Crippen LogP contribution in [0, 0.1) is 0 Å². The molecule has 0 atom stereocenters. The minimum absolute atomic E-state index is 0.00853. The lowest BCUT2D eigenvalue weighted by molar-refractivity contribution is -0.121. The molecule has 3 amide bonds. The number of hydroxylamine groups is 1. The largest absolute Gasteiger partial charge is 0.483 e. The zero-order chi connectivity index (χ0) is 25.6. The molecule has 12 nitrogen and oxygen atoms in total. The van der Waals surface area contributed by atoms with Crippen molar-refractivity contribution in [3.8, 4) is 11.5 Å². The van der Waals surface area contributed by atoms with E-state index in [1.165, 1.54) is 40.2 Å². The van der Waals surface area contributed by atoms with Gasteiger partial charge in [-0.3, -0.25) is 19.9 Å². The molecule has 1 aromatic rings. The number of hydrogen-bond donors (Lipinski definition) is 1. The summed E-state index contributed by atoms with van der Waals surface area (Å²) in [6.45, 7) is 7.50. The lowest BCUT2D eigenvalue weighted by atomic mass is 10.0. The Kier molecular flexibility index (Phi) is 8.76. The van der Waals surface area contributed by atoms with Crippen LogP contribution < -0.4 is 15.0 Å². The first-order chi connectivity index (χ1) is 15.9. The molecule has 2 rings (SSSR count). The van der Waals surface area contributed by atoms with Gasteiger partial charge in [0.25, 0.3) is 5.91 Å². The van der Waals surface area contributed by atoms with E-state index in [9.17, 15) is 14.4 Å². The molecule has 0 fully saturated rings. The summed E-state index contributed by atoms with van der Waals surface area (Å²) in [7, 11) is 7.09. The maximum absolute atomic E-state index is 12.6. The number of nitrogens with one attached hydrogen (secondary N) is 1. The van der Waals surface area contributed by atoms with E-state index in [1.54, 1.807) is 12.1 Å². The minimum Gasteiger partial charge on any atom is -0.483 e. The summed E-state index contributed by atoms with van der Waals surface area (Å²) in [6.07, 6.45) is -1.00. The van der Waals surface area contributed by atoms with Crippen LogP contribution in [-0.4, -0.2) is 78.2 Å². The van der Waals surface area contributed by atoms with E-state index in [1.807, 2.05) is 19.9 Å². The van der Waals surface area contributed by atoms with Crippen molar-refractivity contribution in [1.29, 1.82) is 0 Å². The Morgan fingerprint density at radius 1 is 1.15 bits per heavy atom. The van der Waals surface area contributed by atoms with E-state index < -0.39 is 23.7 Å².